The Bertz CT molecular complexity index is 1510. The third-order valence-corrected chi connectivity index (χ3v) is 8.13. The Labute approximate surface area is 238 Å². The van der Waals surface area contributed by atoms with Gasteiger partial charge in [0.15, 0.2) is 11.5 Å². The molecule has 0 saturated carbocycles. The second-order valence-corrected chi connectivity index (χ2v) is 11.0. The van der Waals surface area contributed by atoms with Crippen LogP contribution in [0.5, 0.6) is 11.5 Å². The highest BCUT2D eigenvalue weighted by molar-refractivity contribution is 9.10. The summed E-state index contributed by atoms with van der Waals surface area (Å²) in [5.74, 6) is -0.827. The highest BCUT2D eigenvalue weighted by atomic mass is 79.9. The zero-order valence-electron chi connectivity index (χ0n) is 21.1. The summed E-state index contributed by atoms with van der Waals surface area (Å²) in [5, 5.41) is 1.20. The summed E-state index contributed by atoms with van der Waals surface area (Å²) in [6.45, 7) is 1.03. The Kier molecular flexibility index (Phi) is 8.04. The molecule has 0 spiro atoms. The van der Waals surface area contributed by atoms with Crippen molar-refractivity contribution in [3.63, 3.8) is 0 Å². The maximum Gasteiger partial charge on any atom is 0.344 e. The molecule has 2 fully saturated rings. The normalized spacial score (nSPS) is 16.7. The fourth-order valence-electron chi connectivity index (χ4n) is 4.64. The number of likely N-dealkylation sites (tertiary alicyclic amines) is 1. The molecule has 0 aliphatic carbocycles. The molecule has 3 amide bonds. The van der Waals surface area contributed by atoms with E-state index in [2.05, 4.69) is 15.9 Å². The third kappa shape index (κ3) is 5.72. The van der Waals surface area contributed by atoms with Crippen molar-refractivity contribution in [2.24, 2.45) is 0 Å². The van der Waals surface area contributed by atoms with Crippen molar-refractivity contribution < 1.29 is 28.7 Å². The lowest BCUT2D eigenvalue weighted by atomic mass is 10.0. The first kappa shape index (κ1) is 27.0. The van der Waals surface area contributed by atoms with Crippen LogP contribution in [0.2, 0.25) is 0 Å². The van der Waals surface area contributed by atoms with E-state index in [0.717, 1.165) is 46.7 Å². The van der Waals surface area contributed by atoms with Crippen LogP contribution in [-0.4, -0.2) is 59.6 Å². The van der Waals surface area contributed by atoms with Gasteiger partial charge in [-0.1, -0.05) is 36.4 Å². The summed E-state index contributed by atoms with van der Waals surface area (Å²) in [4.78, 5) is 54.2. The average molecular weight is 609 g/mol. The van der Waals surface area contributed by atoms with Crippen LogP contribution in [-0.2, 0) is 9.59 Å². The van der Waals surface area contributed by atoms with Gasteiger partial charge in [0, 0.05) is 13.1 Å². The molecule has 39 heavy (non-hydrogen) atoms. The van der Waals surface area contributed by atoms with Crippen LogP contribution in [0.3, 0.4) is 0 Å². The highest BCUT2D eigenvalue weighted by Gasteiger charge is 2.37. The molecule has 8 nitrogen and oxygen atoms in total. The number of benzene rings is 3. The number of esters is 1. The van der Waals surface area contributed by atoms with Crippen LogP contribution in [0.25, 0.3) is 16.8 Å². The minimum Gasteiger partial charge on any atom is -0.493 e. The summed E-state index contributed by atoms with van der Waals surface area (Å²) in [6, 6.07) is 16.2. The molecule has 10 heteroatoms. The van der Waals surface area contributed by atoms with E-state index < -0.39 is 17.1 Å². The van der Waals surface area contributed by atoms with E-state index in [4.69, 9.17) is 9.47 Å². The number of piperidine rings is 1. The zero-order chi connectivity index (χ0) is 27.5. The molecule has 2 aliphatic heterocycles. The van der Waals surface area contributed by atoms with Crippen molar-refractivity contribution in [1.82, 2.24) is 9.80 Å². The second kappa shape index (κ2) is 11.6. The molecule has 3 aromatic rings. The molecule has 200 valence electrons. The van der Waals surface area contributed by atoms with Gasteiger partial charge in [0.1, 0.15) is 6.54 Å². The fraction of sp³-hybridized carbons (Fsp3) is 0.241. The molecule has 0 unspecified atom stereocenters. The van der Waals surface area contributed by atoms with E-state index in [0.29, 0.717) is 28.7 Å². The molecular weight excluding hydrogens is 584 g/mol. The first-order valence-electron chi connectivity index (χ1n) is 12.5. The number of hydrogen-bond donors (Lipinski definition) is 0. The number of methoxy groups -OCH3 is 1. The van der Waals surface area contributed by atoms with E-state index in [1.54, 1.807) is 35.2 Å². The zero-order valence-corrected chi connectivity index (χ0v) is 23.5. The maximum atomic E-state index is 13.1. The van der Waals surface area contributed by atoms with Gasteiger partial charge in [0.25, 0.3) is 11.1 Å². The molecule has 2 aliphatic rings. The van der Waals surface area contributed by atoms with Gasteiger partial charge in [0.2, 0.25) is 5.91 Å². The van der Waals surface area contributed by atoms with E-state index in [1.807, 2.05) is 30.3 Å². The van der Waals surface area contributed by atoms with E-state index >= 15 is 0 Å². The number of amides is 3. The van der Waals surface area contributed by atoms with Crippen molar-refractivity contribution in [3.05, 3.63) is 75.1 Å². The average Bonchev–Trinajstić information content (AvgIpc) is 3.21. The standard InChI is InChI=1S/C29H25BrN2O6S/c1-37-23-15-18(16-24-27(34)32(29(36)39-24)17-25(33)31-12-5-2-6-13-31)14-22(30)26(23)38-28(35)21-11-7-9-19-8-3-4-10-20(19)21/h3-4,7-11,14-16H,2,5-6,12-13,17H2,1H3/b24-16-. The minimum absolute atomic E-state index is 0.188. The molecule has 5 rings (SSSR count). The minimum atomic E-state index is -0.543. The van der Waals surface area contributed by atoms with Crippen molar-refractivity contribution in [2.45, 2.75) is 19.3 Å². The summed E-state index contributed by atoms with van der Waals surface area (Å²) < 4.78 is 11.7. The van der Waals surface area contributed by atoms with Crippen LogP contribution in [0.4, 0.5) is 4.79 Å². The number of fused-ring (bicyclic) bond motifs is 1. The lowest BCUT2D eigenvalue weighted by Crippen LogP contribution is -2.44. The van der Waals surface area contributed by atoms with Gasteiger partial charge < -0.3 is 14.4 Å². The summed E-state index contributed by atoms with van der Waals surface area (Å²) in [6.07, 6.45) is 4.49. The number of ether oxygens (including phenoxy) is 2. The first-order chi connectivity index (χ1) is 18.9. The van der Waals surface area contributed by atoms with Gasteiger partial charge in [0.05, 0.1) is 22.1 Å². The largest absolute Gasteiger partial charge is 0.493 e. The summed E-state index contributed by atoms with van der Waals surface area (Å²) in [5.41, 5.74) is 0.968. The molecule has 3 aromatic carbocycles. The van der Waals surface area contributed by atoms with Crippen LogP contribution >= 0.6 is 27.7 Å². The van der Waals surface area contributed by atoms with Gasteiger partial charge in [-0.3, -0.25) is 19.3 Å². The van der Waals surface area contributed by atoms with Crippen molar-refractivity contribution >= 4 is 67.6 Å². The monoisotopic (exact) mass is 608 g/mol. The molecule has 0 radical (unpaired) electrons. The molecule has 0 bridgehead atoms. The van der Waals surface area contributed by atoms with E-state index in [-0.39, 0.29) is 28.9 Å². The second-order valence-electron chi connectivity index (χ2n) is 9.16. The van der Waals surface area contributed by atoms with Gasteiger partial charge in [-0.25, -0.2) is 4.79 Å². The van der Waals surface area contributed by atoms with Gasteiger partial charge >= 0.3 is 5.97 Å². The lowest BCUT2D eigenvalue weighted by molar-refractivity contribution is -0.136. The Balaban J connectivity index is 1.35. The number of imide groups is 1. The topological polar surface area (TPSA) is 93.2 Å². The van der Waals surface area contributed by atoms with Crippen molar-refractivity contribution in [1.29, 1.82) is 0 Å². The maximum absolute atomic E-state index is 13.1. The number of nitrogens with zero attached hydrogens (tertiary/aromatic N) is 2. The first-order valence-corrected chi connectivity index (χ1v) is 14.1. The fourth-order valence-corrected chi connectivity index (χ4v) is 6.02. The third-order valence-electron chi connectivity index (χ3n) is 6.63. The Morgan fingerprint density at radius 2 is 1.77 bits per heavy atom. The predicted octanol–water partition coefficient (Wildman–Crippen LogP) is 5.88. The highest BCUT2D eigenvalue weighted by Crippen LogP contribution is 2.40. The number of halogens is 1. The van der Waals surface area contributed by atoms with Gasteiger partial charge in [-0.05, 0) is 87.6 Å². The number of carbonyl (C=O) groups excluding carboxylic acids is 4. The molecule has 2 heterocycles. The summed E-state index contributed by atoms with van der Waals surface area (Å²) >= 11 is 4.23. The van der Waals surface area contributed by atoms with Gasteiger partial charge in [-0.2, -0.15) is 0 Å². The van der Waals surface area contributed by atoms with Crippen LogP contribution in [0.15, 0.2) is 64.0 Å². The van der Waals surface area contributed by atoms with Crippen LogP contribution in [0, 0.1) is 0 Å². The SMILES string of the molecule is COc1cc(/C=C2\SC(=O)N(CC(=O)N3CCCCC3)C2=O)cc(Br)c1OC(=O)c1cccc2ccccc12. The van der Waals surface area contributed by atoms with Crippen LogP contribution < -0.4 is 9.47 Å². The van der Waals surface area contributed by atoms with E-state index in [9.17, 15) is 19.2 Å². The van der Waals surface area contributed by atoms with Crippen LogP contribution in [0.1, 0.15) is 35.2 Å². The quantitative estimate of drug-likeness (QED) is 0.196. The van der Waals surface area contributed by atoms with Crippen molar-refractivity contribution in [3.8, 4) is 11.5 Å². The lowest BCUT2D eigenvalue weighted by Gasteiger charge is -2.27. The Hall–Kier alpha value is -3.63. The van der Waals surface area contributed by atoms with Crippen molar-refractivity contribution in [2.75, 3.05) is 26.7 Å². The number of carbonyl (C=O) groups is 4. The molecule has 0 N–H and O–H groups in total. The number of thioether (sulfide) groups is 1. The molecule has 0 atom stereocenters. The predicted molar refractivity (Wildman–Crippen MR) is 153 cm³/mol. The number of rotatable bonds is 6. The van der Waals surface area contributed by atoms with E-state index in [1.165, 1.54) is 7.11 Å². The van der Waals surface area contributed by atoms with Gasteiger partial charge in [-0.15, -0.1) is 0 Å². The summed E-state index contributed by atoms with van der Waals surface area (Å²) in [7, 11) is 1.45. The molecule has 0 aromatic heterocycles. The Morgan fingerprint density at radius 1 is 1.03 bits per heavy atom. The smallest absolute Gasteiger partial charge is 0.344 e. The Morgan fingerprint density at radius 3 is 2.54 bits per heavy atom. The number of hydrogen-bond acceptors (Lipinski definition) is 7. The molecular formula is C29H25BrN2O6S. The molecule has 2 saturated heterocycles.